The van der Waals surface area contributed by atoms with Gasteiger partial charge < -0.3 is 5.32 Å². The van der Waals surface area contributed by atoms with Gasteiger partial charge in [0.25, 0.3) is 0 Å². The van der Waals surface area contributed by atoms with E-state index in [1.807, 2.05) is 16.8 Å². The first-order valence-electron chi connectivity index (χ1n) is 8.73. The molecule has 3 heterocycles. The van der Waals surface area contributed by atoms with Gasteiger partial charge >= 0.3 is 0 Å². The standard InChI is InChI=1S/C17H18N6O3S2/c24-16(11-23-20-17(19-21-23)13-6-9-27-12-13)18-14-4-3-5-15(10-14)28(25,26)22-7-1-2-8-22/h3-6,9-10,12H,1-2,7-8,11H2,(H,18,24). The van der Waals surface area contributed by atoms with Crippen LogP contribution in [0, 0.1) is 0 Å². The lowest BCUT2D eigenvalue weighted by Crippen LogP contribution is -2.28. The molecule has 0 aliphatic carbocycles. The second kappa shape index (κ2) is 7.78. The van der Waals surface area contributed by atoms with Crippen molar-refractivity contribution in [2.24, 2.45) is 0 Å². The Morgan fingerprint density at radius 1 is 1.21 bits per heavy atom. The summed E-state index contributed by atoms with van der Waals surface area (Å²) in [5.74, 6) is 0.0812. The van der Waals surface area contributed by atoms with E-state index in [2.05, 4.69) is 20.7 Å². The summed E-state index contributed by atoms with van der Waals surface area (Å²) in [4.78, 5) is 13.7. The molecular formula is C17H18N6O3S2. The van der Waals surface area contributed by atoms with E-state index in [1.165, 1.54) is 32.6 Å². The Kier molecular flexibility index (Phi) is 5.20. The number of rotatable bonds is 6. The molecule has 1 amide bonds. The smallest absolute Gasteiger partial charge is 0.248 e. The molecule has 1 aliphatic rings. The van der Waals surface area contributed by atoms with Gasteiger partial charge in [-0.05, 0) is 47.7 Å². The Morgan fingerprint density at radius 2 is 2.04 bits per heavy atom. The lowest BCUT2D eigenvalue weighted by molar-refractivity contribution is -0.117. The number of hydrogen-bond donors (Lipinski definition) is 1. The third-order valence-corrected chi connectivity index (χ3v) is 6.92. The van der Waals surface area contributed by atoms with Crippen LogP contribution >= 0.6 is 11.3 Å². The molecule has 1 aromatic carbocycles. The third kappa shape index (κ3) is 3.96. The zero-order valence-corrected chi connectivity index (χ0v) is 16.5. The molecule has 146 valence electrons. The molecule has 0 unspecified atom stereocenters. The average Bonchev–Trinajstić information content (AvgIpc) is 3.43. The fraction of sp³-hybridized carbons (Fsp3) is 0.294. The molecule has 3 aromatic rings. The van der Waals surface area contributed by atoms with Crippen molar-refractivity contribution >= 4 is 33.0 Å². The van der Waals surface area contributed by atoms with Crippen LogP contribution in [0.2, 0.25) is 0 Å². The highest BCUT2D eigenvalue weighted by molar-refractivity contribution is 7.89. The number of sulfonamides is 1. The van der Waals surface area contributed by atoms with E-state index in [4.69, 9.17) is 0 Å². The SMILES string of the molecule is O=C(Cn1nnc(-c2ccsc2)n1)Nc1cccc(S(=O)(=O)N2CCCC2)c1. The quantitative estimate of drug-likeness (QED) is 0.654. The van der Waals surface area contributed by atoms with Crippen LogP contribution in [0.1, 0.15) is 12.8 Å². The fourth-order valence-corrected chi connectivity index (χ4v) is 5.16. The first kappa shape index (κ1) is 18.7. The number of thiophene rings is 1. The molecule has 0 atom stereocenters. The Morgan fingerprint density at radius 3 is 2.79 bits per heavy atom. The van der Waals surface area contributed by atoms with Crippen molar-refractivity contribution in [3.63, 3.8) is 0 Å². The molecule has 1 saturated heterocycles. The van der Waals surface area contributed by atoms with Crippen LogP contribution in [-0.2, 0) is 21.4 Å². The summed E-state index contributed by atoms with van der Waals surface area (Å²) >= 11 is 1.52. The predicted molar refractivity (Wildman–Crippen MR) is 104 cm³/mol. The summed E-state index contributed by atoms with van der Waals surface area (Å²) in [6, 6.07) is 8.14. The highest BCUT2D eigenvalue weighted by Gasteiger charge is 2.27. The fourth-order valence-electron chi connectivity index (χ4n) is 2.96. The first-order valence-corrected chi connectivity index (χ1v) is 11.1. The van der Waals surface area contributed by atoms with Gasteiger partial charge in [0.15, 0.2) is 0 Å². The van der Waals surface area contributed by atoms with E-state index in [-0.39, 0.29) is 17.3 Å². The van der Waals surface area contributed by atoms with E-state index in [1.54, 1.807) is 12.1 Å². The molecule has 0 radical (unpaired) electrons. The summed E-state index contributed by atoms with van der Waals surface area (Å²) in [6.45, 7) is 0.937. The number of aromatic nitrogens is 4. The Balaban J connectivity index is 1.44. The first-order chi connectivity index (χ1) is 13.5. The number of carbonyl (C=O) groups excluding carboxylic acids is 1. The third-order valence-electron chi connectivity index (χ3n) is 4.34. The van der Waals surface area contributed by atoms with Gasteiger partial charge in [-0.25, -0.2) is 8.42 Å². The maximum atomic E-state index is 12.7. The zero-order chi connectivity index (χ0) is 19.6. The number of nitrogens with one attached hydrogen (secondary N) is 1. The maximum Gasteiger partial charge on any atom is 0.248 e. The minimum absolute atomic E-state index is 0.125. The van der Waals surface area contributed by atoms with Crippen molar-refractivity contribution in [1.29, 1.82) is 0 Å². The monoisotopic (exact) mass is 418 g/mol. The topological polar surface area (TPSA) is 110 Å². The molecule has 4 rings (SSSR count). The summed E-state index contributed by atoms with van der Waals surface area (Å²) in [6.07, 6.45) is 1.74. The summed E-state index contributed by atoms with van der Waals surface area (Å²) in [5.41, 5.74) is 1.25. The van der Waals surface area contributed by atoms with E-state index >= 15 is 0 Å². The van der Waals surface area contributed by atoms with Crippen molar-refractivity contribution in [1.82, 2.24) is 24.5 Å². The molecule has 9 nitrogen and oxygen atoms in total. The van der Waals surface area contributed by atoms with E-state index < -0.39 is 10.0 Å². The molecule has 0 bridgehead atoms. The maximum absolute atomic E-state index is 12.7. The van der Waals surface area contributed by atoms with Gasteiger partial charge in [0.2, 0.25) is 21.8 Å². The van der Waals surface area contributed by atoms with Gasteiger partial charge in [-0.3, -0.25) is 4.79 Å². The van der Waals surface area contributed by atoms with Gasteiger partial charge in [0, 0.05) is 29.7 Å². The lowest BCUT2D eigenvalue weighted by Gasteiger charge is -2.16. The molecule has 11 heteroatoms. The van der Waals surface area contributed by atoms with Gasteiger partial charge in [-0.1, -0.05) is 6.07 Å². The second-order valence-electron chi connectivity index (χ2n) is 6.34. The van der Waals surface area contributed by atoms with Crippen LogP contribution in [0.25, 0.3) is 11.4 Å². The number of carbonyl (C=O) groups is 1. The van der Waals surface area contributed by atoms with Gasteiger partial charge in [-0.2, -0.15) is 20.4 Å². The number of anilines is 1. The lowest BCUT2D eigenvalue weighted by atomic mass is 10.3. The van der Waals surface area contributed by atoms with Gasteiger partial charge in [0.05, 0.1) is 4.90 Å². The number of hydrogen-bond acceptors (Lipinski definition) is 7. The molecule has 1 fully saturated rings. The van der Waals surface area contributed by atoms with Crippen LogP contribution in [0.15, 0.2) is 46.0 Å². The molecule has 1 N–H and O–H groups in total. The normalized spacial score (nSPS) is 15.0. The highest BCUT2D eigenvalue weighted by atomic mass is 32.2. The van der Waals surface area contributed by atoms with Crippen molar-refractivity contribution in [3.8, 4) is 11.4 Å². The molecule has 1 aliphatic heterocycles. The van der Waals surface area contributed by atoms with Gasteiger partial charge in [-0.15, -0.1) is 10.2 Å². The predicted octanol–water partition coefficient (Wildman–Crippen LogP) is 1.82. The minimum Gasteiger partial charge on any atom is -0.324 e. The Hall–Kier alpha value is -2.63. The average molecular weight is 419 g/mol. The number of nitrogens with zero attached hydrogens (tertiary/aromatic N) is 5. The van der Waals surface area contributed by atoms with Crippen LogP contribution in [0.3, 0.4) is 0 Å². The van der Waals surface area contributed by atoms with Crippen LogP contribution in [-0.4, -0.2) is 51.9 Å². The highest BCUT2D eigenvalue weighted by Crippen LogP contribution is 2.23. The van der Waals surface area contributed by atoms with E-state index in [0.29, 0.717) is 24.6 Å². The minimum atomic E-state index is -3.53. The number of amides is 1. The molecule has 0 spiro atoms. The second-order valence-corrected chi connectivity index (χ2v) is 9.06. The van der Waals surface area contributed by atoms with Crippen molar-refractivity contribution in [3.05, 3.63) is 41.1 Å². The molecule has 0 saturated carbocycles. The van der Waals surface area contributed by atoms with E-state index in [0.717, 1.165) is 18.4 Å². The van der Waals surface area contributed by atoms with Crippen LogP contribution < -0.4 is 5.32 Å². The number of benzene rings is 1. The summed E-state index contributed by atoms with van der Waals surface area (Å²) in [7, 11) is -3.53. The molecule has 28 heavy (non-hydrogen) atoms. The molecular weight excluding hydrogens is 400 g/mol. The van der Waals surface area contributed by atoms with Crippen molar-refractivity contribution < 1.29 is 13.2 Å². The van der Waals surface area contributed by atoms with Crippen LogP contribution in [0.4, 0.5) is 5.69 Å². The summed E-state index contributed by atoms with van der Waals surface area (Å²) in [5, 5.41) is 18.5. The van der Waals surface area contributed by atoms with E-state index in [9.17, 15) is 13.2 Å². The number of tetrazole rings is 1. The Bertz CT molecular complexity index is 1070. The molecule has 2 aromatic heterocycles. The zero-order valence-electron chi connectivity index (χ0n) is 14.9. The Labute approximate surface area is 166 Å². The van der Waals surface area contributed by atoms with Gasteiger partial charge in [0.1, 0.15) is 6.54 Å². The van der Waals surface area contributed by atoms with Crippen molar-refractivity contribution in [2.75, 3.05) is 18.4 Å². The van der Waals surface area contributed by atoms with Crippen molar-refractivity contribution in [2.45, 2.75) is 24.3 Å². The summed E-state index contributed by atoms with van der Waals surface area (Å²) < 4.78 is 26.8. The van der Waals surface area contributed by atoms with Crippen LogP contribution in [0.5, 0.6) is 0 Å². The largest absolute Gasteiger partial charge is 0.324 e.